The number of β-amino-alcohol motifs (C(OH)–C–C–N with tert-alkyl or cyclic N) is 1. The quantitative estimate of drug-likeness (QED) is 0.141. The van der Waals surface area contributed by atoms with Gasteiger partial charge in [0, 0.05) is 56.1 Å². The molecule has 57 heavy (non-hydrogen) atoms. The number of benzene rings is 2. The van der Waals surface area contributed by atoms with Crippen molar-refractivity contribution in [1.82, 2.24) is 30.6 Å². The Kier molecular flexibility index (Phi) is 12.7. The maximum Gasteiger partial charge on any atom is 0.248 e. The average Bonchev–Trinajstić information content (AvgIpc) is 3.81. The molecule has 0 bridgehead atoms. The normalized spacial score (nSPS) is 17.7. The molecule has 2 aliphatic heterocycles. The van der Waals surface area contributed by atoms with Crippen molar-refractivity contribution in [1.29, 1.82) is 0 Å². The lowest BCUT2D eigenvalue weighted by molar-refractivity contribution is -0.145. The van der Waals surface area contributed by atoms with Crippen molar-refractivity contribution < 1.29 is 34.1 Å². The van der Waals surface area contributed by atoms with Gasteiger partial charge in [-0.2, -0.15) is 0 Å². The number of aromatic hydroxyl groups is 1. The van der Waals surface area contributed by atoms with Crippen LogP contribution in [0.3, 0.4) is 0 Å². The summed E-state index contributed by atoms with van der Waals surface area (Å²) in [6.07, 6.45) is -0.824. The van der Waals surface area contributed by atoms with Gasteiger partial charge in [0.05, 0.1) is 17.5 Å². The summed E-state index contributed by atoms with van der Waals surface area (Å²) in [7, 11) is 0. The number of piperazine rings is 1. The molecule has 0 unspecified atom stereocenters. The fourth-order valence-corrected chi connectivity index (χ4v) is 7.99. The molecular weight excluding hydrogens is 749 g/mol. The summed E-state index contributed by atoms with van der Waals surface area (Å²) in [4.78, 5) is 59.7. The number of rotatable bonds is 12. The highest BCUT2D eigenvalue weighted by Crippen LogP contribution is 2.32. The molecular formula is C41H50N8O7S. The standard InChI is InChI=1S/C41H50N8O7S/c1-25-13-18-57-36(25)27-11-9-26(10-12-27)21-43-39(54)32-19-28(50)22-49(32)40(55)37(41(2,3)4)44-34(52)23-56-24-35(53)48-16-14-47(15-17-48)31-20-30(45-46-38(31)42)29-7-5-6-8-33(29)51/h5-13,18,20,28,32,37,50-51H,14-17,19,21-24H2,1-4H3,(H2,42,46)(H,43,54)(H,44,52)/t28-,32+,37-/m1/s1. The van der Waals surface area contributed by atoms with Gasteiger partial charge in [0.25, 0.3) is 0 Å². The Morgan fingerprint density at radius 2 is 1.72 bits per heavy atom. The van der Waals surface area contributed by atoms with Gasteiger partial charge < -0.3 is 46.0 Å². The maximum atomic E-state index is 14.0. The topological polar surface area (TPSA) is 204 Å². The summed E-state index contributed by atoms with van der Waals surface area (Å²) in [6, 6.07) is 16.6. The third-order valence-electron chi connectivity index (χ3n) is 10.2. The number of aryl methyl sites for hydroxylation is 1. The number of aliphatic hydroxyl groups excluding tert-OH is 1. The predicted octanol–water partition coefficient (Wildman–Crippen LogP) is 2.94. The largest absolute Gasteiger partial charge is 0.507 e. The summed E-state index contributed by atoms with van der Waals surface area (Å²) < 4.78 is 5.51. The van der Waals surface area contributed by atoms with Crippen LogP contribution in [0.1, 0.15) is 38.3 Å². The summed E-state index contributed by atoms with van der Waals surface area (Å²) in [6.45, 7) is 8.54. The maximum absolute atomic E-state index is 14.0. The Hall–Kier alpha value is -5.58. The lowest BCUT2D eigenvalue weighted by Gasteiger charge is -2.36. The zero-order chi connectivity index (χ0) is 40.9. The second-order valence-electron chi connectivity index (χ2n) is 15.5. The molecule has 6 rings (SSSR count). The van der Waals surface area contributed by atoms with Gasteiger partial charge in [0.2, 0.25) is 23.6 Å². The number of carbonyl (C=O) groups is 4. The Balaban J connectivity index is 0.978. The van der Waals surface area contributed by atoms with E-state index in [0.717, 1.165) is 11.1 Å². The number of nitrogens with one attached hydrogen (secondary N) is 2. The summed E-state index contributed by atoms with van der Waals surface area (Å²) >= 11 is 1.67. The Morgan fingerprint density at radius 3 is 2.39 bits per heavy atom. The number of nitrogens with two attached hydrogens (primary N) is 1. The molecule has 4 aromatic rings. The highest BCUT2D eigenvalue weighted by Gasteiger charge is 2.44. The Labute approximate surface area is 335 Å². The number of hydrogen-bond donors (Lipinski definition) is 5. The number of phenols is 1. The highest BCUT2D eigenvalue weighted by atomic mass is 32.1. The number of likely N-dealkylation sites (tertiary alicyclic amines) is 1. The fraction of sp³-hybridized carbons (Fsp3) is 0.415. The summed E-state index contributed by atoms with van der Waals surface area (Å²) in [5, 5.41) is 36.7. The SMILES string of the molecule is Cc1ccsc1-c1ccc(CNC(=O)[C@@H]2C[C@@H](O)CN2C(=O)[C@@H](NC(=O)COCC(=O)N2CCN(c3cc(-c4ccccc4O)nnc3N)CC2)C(C)(C)C)cc1. The number of amides is 4. The molecule has 0 spiro atoms. The first-order chi connectivity index (χ1) is 27.2. The minimum absolute atomic E-state index is 0.0471. The second kappa shape index (κ2) is 17.7. The first-order valence-corrected chi connectivity index (χ1v) is 19.8. The van der Waals surface area contributed by atoms with E-state index in [1.54, 1.807) is 67.3 Å². The van der Waals surface area contributed by atoms with Crippen LogP contribution in [0, 0.1) is 12.3 Å². The molecule has 2 aromatic heterocycles. The van der Waals surface area contributed by atoms with Crippen molar-refractivity contribution in [2.45, 2.75) is 58.8 Å². The highest BCUT2D eigenvalue weighted by molar-refractivity contribution is 7.13. The van der Waals surface area contributed by atoms with Gasteiger partial charge in [0.15, 0.2) is 5.82 Å². The van der Waals surface area contributed by atoms with Crippen LogP contribution >= 0.6 is 11.3 Å². The molecule has 2 fully saturated rings. The number of anilines is 2. The Bertz CT molecular complexity index is 2080. The van der Waals surface area contributed by atoms with Crippen LogP contribution in [0.15, 0.2) is 66.0 Å². The van der Waals surface area contributed by atoms with Crippen molar-refractivity contribution in [3.8, 4) is 27.4 Å². The van der Waals surface area contributed by atoms with Gasteiger partial charge >= 0.3 is 0 Å². The predicted molar refractivity (Wildman–Crippen MR) is 217 cm³/mol. The zero-order valence-electron chi connectivity index (χ0n) is 32.6. The van der Waals surface area contributed by atoms with E-state index >= 15 is 0 Å². The van der Waals surface area contributed by atoms with Gasteiger partial charge in [-0.25, -0.2) is 0 Å². The lowest BCUT2D eigenvalue weighted by atomic mass is 9.85. The first-order valence-electron chi connectivity index (χ1n) is 18.9. The summed E-state index contributed by atoms with van der Waals surface area (Å²) in [5.41, 5.74) is 10.2. The van der Waals surface area contributed by atoms with Crippen LogP contribution < -0.4 is 21.3 Å². The van der Waals surface area contributed by atoms with E-state index in [0.29, 0.717) is 43.1 Å². The number of ether oxygens (including phenoxy) is 1. The van der Waals surface area contributed by atoms with Crippen LogP contribution in [-0.4, -0.2) is 118 Å². The number of thiophene rings is 1. The number of aliphatic hydroxyl groups is 1. The molecule has 6 N–H and O–H groups in total. The van der Waals surface area contributed by atoms with Crippen LogP contribution in [0.5, 0.6) is 5.75 Å². The molecule has 0 radical (unpaired) electrons. The smallest absolute Gasteiger partial charge is 0.248 e. The molecule has 4 amide bonds. The minimum atomic E-state index is -1.03. The molecule has 0 aliphatic carbocycles. The van der Waals surface area contributed by atoms with Gasteiger partial charge in [0.1, 0.15) is 31.0 Å². The van der Waals surface area contributed by atoms with Crippen molar-refractivity contribution >= 4 is 46.5 Å². The molecule has 302 valence electrons. The van der Waals surface area contributed by atoms with Crippen molar-refractivity contribution in [3.05, 3.63) is 77.2 Å². The number of hydrogen-bond acceptors (Lipinski definition) is 12. The van der Waals surface area contributed by atoms with E-state index in [9.17, 15) is 29.4 Å². The van der Waals surface area contributed by atoms with Gasteiger partial charge in [-0.15, -0.1) is 21.5 Å². The number of nitrogens with zero attached hydrogens (tertiary/aromatic N) is 5. The van der Waals surface area contributed by atoms with E-state index in [-0.39, 0.29) is 43.6 Å². The summed E-state index contributed by atoms with van der Waals surface area (Å²) in [5.74, 6) is -1.46. The van der Waals surface area contributed by atoms with Crippen LogP contribution in [0.2, 0.25) is 0 Å². The average molecular weight is 799 g/mol. The van der Waals surface area contributed by atoms with E-state index in [1.165, 1.54) is 15.3 Å². The van der Waals surface area contributed by atoms with Crippen LogP contribution in [-0.2, 0) is 30.5 Å². The van der Waals surface area contributed by atoms with E-state index in [1.807, 2.05) is 29.2 Å². The van der Waals surface area contributed by atoms with Crippen LogP contribution in [0.4, 0.5) is 11.5 Å². The monoisotopic (exact) mass is 798 g/mol. The molecule has 2 saturated heterocycles. The van der Waals surface area contributed by atoms with Gasteiger partial charge in [-0.05, 0) is 58.7 Å². The van der Waals surface area contributed by atoms with Crippen molar-refractivity contribution in [2.24, 2.45) is 5.41 Å². The second-order valence-corrected chi connectivity index (χ2v) is 16.4. The first kappa shape index (κ1) is 41.1. The molecule has 2 aliphatic rings. The molecule has 16 heteroatoms. The van der Waals surface area contributed by atoms with E-state index < -0.39 is 47.9 Å². The number of nitrogen functional groups attached to an aromatic ring is 1. The molecule has 15 nitrogen and oxygen atoms in total. The van der Waals surface area contributed by atoms with E-state index in [2.05, 4.69) is 39.2 Å². The van der Waals surface area contributed by atoms with Gasteiger partial charge in [-0.3, -0.25) is 19.2 Å². The third kappa shape index (κ3) is 9.87. The number of para-hydroxylation sites is 1. The number of carbonyl (C=O) groups excluding carboxylic acids is 4. The lowest BCUT2D eigenvalue weighted by Crippen LogP contribution is -2.58. The van der Waals surface area contributed by atoms with Crippen molar-refractivity contribution in [2.75, 3.05) is 56.6 Å². The van der Waals surface area contributed by atoms with E-state index in [4.69, 9.17) is 10.5 Å². The number of aromatic nitrogens is 2. The molecule has 2 aromatic carbocycles. The molecule has 4 heterocycles. The van der Waals surface area contributed by atoms with Gasteiger partial charge in [-0.1, -0.05) is 57.2 Å². The fourth-order valence-electron chi connectivity index (χ4n) is 7.06. The zero-order valence-corrected chi connectivity index (χ0v) is 33.4. The Morgan fingerprint density at radius 1 is 1.00 bits per heavy atom. The third-order valence-corrected chi connectivity index (χ3v) is 11.3. The molecule has 3 atom stereocenters. The van der Waals surface area contributed by atoms with Crippen LogP contribution in [0.25, 0.3) is 21.7 Å². The van der Waals surface area contributed by atoms with Crippen molar-refractivity contribution in [3.63, 3.8) is 0 Å². The molecule has 0 saturated carbocycles. The number of phenolic OH excluding ortho intramolecular Hbond substituents is 1. The minimum Gasteiger partial charge on any atom is -0.507 e.